The lowest BCUT2D eigenvalue weighted by molar-refractivity contribution is -0.138. The van der Waals surface area contributed by atoms with Crippen LogP contribution in [-0.2, 0) is 6.18 Å². The maximum atomic E-state index is 12.5. The molecule has 0 fully saturated rings. The number of benzene rings is 1. The van der Waals surface area contributed by atoms with E-state index in [2.05, 4.69) is 0 Å². The first-order valence-corrected chi connectivity index (χ1v) is 4.66. The topological polar surface area (TPSA) is 37.3 Å². The summed E-state index contributed by atoms with van der Waals surface area (Å²) in [6.45, 7) is 3.42. The monoisotopic (exact) mass is 232 g/mol. The molecule has 0 atom stereocenters. The molecular formula is C11H11F3O2. The van der Waals surface area contributed by atoms with Crippen LogP contribution in [-0.4, -0.2) is 11.4 Å². The van der Waals surface area contributed by atoms with Crippen molar-refractivity contribution in [3.63, 3.8) is 0 Å². The van der Waals surface area contributed by atoms with Gasteiger partial charge in [0.1, 0.15) is 5.75 Å². The molecule has 0 heterocycles. The molecule has 2 nitrogen and oxygen atoms in total. The van der Waals surface area contributed by atoms with Crippen LogP contribution in [0.15, 0.2) is 12.1 Å². The van der Waals surface area contributed by atoms with Crippen molar-refractivity contribution in [2.24, 2.45) is 0 Å². The van der Waals surface area contributed by atoms with E-state index in [0.717, 1.165) is 6.07 Å². The molecule has 0 aliphatic rings. The molecule has 1 aromatic rings. The SMILES string of the molecule is CC(C)c1cc(C=O)c(O)c(C(F)(F)F)c1. The van der Waals surface area contributed by atoms with Gasteiger partial charge in [0.15, 0.2) is 6.29 Å². The second-order valence-corrected chi connectivity index (χ2v) is 3.78. The van der Waals surface area contributed by atoms with E-state index in [9.17, 15) is 23.1 Å². The van der Waals surface area contributed by atoms with Gasteiger partial charge in [-0.3, -0.25) is 4.79 Å². The summed E-state index contributed by atoms with van der Waals surface area (Å²) in [6.07, 6.45) is -4.44. The molecule has 1 N–H and O–H groups in total. The van der Waals surface area contributed by atoms with Crippen molar-refractivity contribution in [2.75, 3.05) is 0 Å². The zero-order valence-electron chi connectivity index (χ0n) is 8.80. The van der Waals surface area contributed by atoms with E-state index in [-0.39, 0.29) is 17.8 Å². The Morgan fingerprint density at radius 3 is 2.25 bits per heavy atom. The third-order valence-electron chi connectivity index (χ3n) is 2.26. The Labute approximate surface area is 90.7 Å². The number of phenolic OH excluding ortho intramolecular Hbond substituents is 1. The van der Waals surface area contributed by atoms with Crippen molar-refractivity contribution < 1.29 is 23.1 Å². The van der Waals surface area contributed by atoms with Gasteiger partial charge < -0.3 is 5.11 Å². The largest absolute Gasteiger partial charge is 0.507 e. The molecule has 0 bridgehead atoms. The molecule has 88 valence electrons. The molecule has 0 aliphatic carbocycles. The highest BCUT2D eigenvalue weighted by atomic mass is 19.4. The van der Waals surface area contributed by atoms with E-state index in [1.807, 2.05) is 0 Å². The first-order valence-electron chi connectivity index (χ1n) is 4.66. The lowest BCUT2D eigenvalue weighted by atomic mass is 9.97. The Bertz CT molecular complexity index is 408. The number of hydrogen-bond donors (Lipinski definition) is 1. The molecule has 0 spiro atoms. The smallest absolute Gasteiger partial charge is 0.419 e. The van der Waals surface area contributed by atoms with Gasteiger partial charge in [0, 0.05) is 0 Å². The molecule has 1 aromatic carbocycles. The summed E-state index contributed by atoms with van der Waals surface area (Å²) in [5.74, 6) is -1.16. The van der Waals surface area contributed by atoms with Crippen LogP contribution in [0.25, 0.3) is 0 Å². The molecule has 0 aromatic heterocycles. The average Bonchev–Trinajstić information content (AvgIpc) is 2.15. The fraction of sp³-hybridized carbons (Fsp3) is 0.364. The summed E-state index contributed by atoms with van der Waals surface area (Å²) in [7, 11) is 0. The molecule has 0 radical (unpaired) electrons. The van der Waals surface area contributed by atoms with Gasteiger partial charge in [-0.15, -0.1) is 0 Å². The molecule has 16 heavy (non-hydrogen) atoms. The quantitative estimate of drug-likeness (QED) is 0.794. The van der Waals surface area contributed by atoms with Gasteiger partial charge in [0.2, 0.25) is 0 Å². The highest BCUT2D eigenvalue weighted by Crippen LogP contribution is 2.39. The second kappa shape index (κ2) is 4.15. The number of aromatic hydroxyl groups is 1. The molecule has 0 aliphatic heterocycles. The Kier molecular flexibility index (Phi) is 3.26. The van der Waals surface area contributed by atoms with E-state index >= 15 is 0 Å². The van der Waals surface area contributed by atoms with Gasteiger partial charge in [-0.05, 0) is 23.6 Å². The molecule has 1 rings (SSSR count). The summed E-state index contributed by atoms with van der Waals surface area (Å²) in [6, 6.07) is 2.13. The molecule has 0 saturated carbocycles. The lowest BCUT2D eigenvalue weighted by Crippen LogP contribution is -2.08. The number of carbonyl (C=O) groups excluding carboxylic acids is 1. The van der Waals surface area contributed by atoms with Crippen molar-refractivity contribution in [2.45, 2.75) is 25.9 Å². The number of aldehydes is 1. The Morgan fingerprint density at radius 1 is 1.31 bits per heavy atom. The summed E-state index contributed by atoms with van der Waals surface area (Å²) >= 11 is 0. The number of rotatable bonds is 2. The highest BCUT2D eigenvalue weighted by Gasteiger charge is 2.35. The van der Waals surface area contributed by atoms with Crippen LogP contribution in [0.2, 0.25) is 0 Å². The second-order valence-electron chi connectivity index (χ2n) is 3.78. The van der Waals surface area contributed by atoms with Crippen LogP contribution in [0.1, 0.15) is 41.3 Å². The van der Waals surface area contributed by atoms with E-state index in [4.69, 9.17) is 0 Å². The first kappa shape index (κ1) is 12.5. The minimum atomic E-state index is -4.66. The van der Waals surface area contributed by atoms with Crippen molar-refractivity contribution in [3.05, 3.63) is 28.8 Å². The van der Waals surface area contributed by atoms with E-state index in [0.29, 0.717) is 5.56 Å². The summed E-state index contributed by atoms with van der Waals surface area (Å²) < 4.78 is 37.6. The number of carbonyl (C=O) groups is 1. The number of phenols is 1. The van der Waals surface area contributed by atoms with Crippen LogP contribution in [0.3, 0.4) is 0 Å². The van der Waals surface area contributed by atoms with Crippen molar-refractivity contribution in [1.29, 1.82) is 0 Å². The molecular weight excluding hydrogens is 221 g/mol. The van der Waals surface area contributed by atoms with Gasteiger partial charge in [-0.25, -0.2) is 0 Å². The summed E-state index contributed by atoms with van der Waals surface area (Å²) in [4.78, 5) is 10.6. The minimum absolute atomic E-state index is 0.152. The summed E-state index contributed by atoms with van der Waals surface area (Å²) in [5, 5.41) is 9.28. The highest BCUT2D eigenvalue weighted by molar-refractivity contribution is 5.80. The minimum Gasteiger partial charge on any atom is -0.507 e. The Hall–Kier alpha value is -1.52. The third-order valence-corrected chi connectivity index (χ3v) is 2.26. The van der Waals surface area contributed by atoms with Crippen molar-refractivity contribution in [3.8, 4) is 5.75 Å². The van der Waals surface area contributed by atoms with Crippen LogP contribution in [0, 0.1) is 0 Å². The number of halogens is 3. The lowest BCUT2D eigenvalue weighted by Gasteiger charge is -2.14. The molecule has 5 heteroatoms. The van der Waals surface area contributed by atoms with Crippen LogP contribution < -0.4 is 0 Å². The van der Waals surface area contributed by atoms with Crippen molar-refractivity contribution in [1.82, 2.24) is 0 Å². The van der Waals surface area contributed by atoms with Crippen molar-refractivity contribution >= 4 is 6.29 Å². The van der Waals surface area contributed by atoms with E-state index in [1.165, 1.54) is 6.07 Å². The zero-order valence-corrected chi connectivity index (χ0v) is 8.80. The van der Waals surface area contributed by atoms with Crippen LogP contribution >= 0.6 is 0 Å². The van der Waals surface area contributed by atoms with Gasteiger partial charge in [0.25, 0.3) is 0 Å². The predicted octanol–water partition coefficient (Wildman–Crippen LogP) is 3.35. The number of hydrogen-bond acceptors (Lipinski definition) is 2. The fourth-order valence-electron chi connectivity index (χ4n) is 1.32. The van der Waals surface area contributed by atoms with Gasteiger partial charge in [-0.1, -0.05) is 13.8 Å². The van der Waals surface area contributed by atoms with E-state index in [1.54, 1.807) is 13.8 Å². The number of alkyl halides is 3. The summed E-state index contributed by atoms with van der Waals surface area (Å²) in [5.41, 5.74) is -1.13. The van der Waals surface area contributed by atoms with Gasteiger partial charge in [0.05, 0.1) is 11.1 Å². The standard InChI is InChI=1S/C11H11F3O2/c1-6(2)7-3-8(5-15)10(16)9(4-7)11(12,13)14/h3-6,16H,1-2H3. The van der Waals surface area contributed by atoms with E-state index < -0.39 is 17.5 Å². The Morgan fingerprint density at radius 2 is 1.88 bits per heavy atom. The Balaban J connectivity index is 3.48. The molecule has 0 saturated heterocycles. The van der Waals surface area contributed by atoms with Crippen LogP contribution in [0.5, 0.6) is 5.75 Å². The zero-order chi connectivity index (χ0) is 12.5. The predicted molar refractivity (Wildman–Crippen MR) is 52.6 cm³/mol. The fourth-order valence-corrected chi connectivity index (χ4v) is 1.32. The molecule has 0 amide bonds. The van der Waals surface area contributed by atoms with Gasteiger partial charge >= 0.3 is 6.18 Å². The first-order chi connectivity index (χ1) is 7.27. The average molecular weight is 232 g/mol. The normalized spacial score (nSPS) is 11.9. The van der Waals surface area contributed by atoms with Crippen LogP contribution in [0.4, 0.5) is 13.2 Å². The maximum Gasteiger partial charge on any atom is 0.419 e. The third kappa shape index (κ3) is 2.35. The molecule has 0 unspecified atom stereocenters. The van der Waals surface area contributed by atoms with Gasteiger partial charge in [-0.2, -0.15) is 13.2 Å². The maximum absolute atomic E-state index is 12.5.